The number of nitrogens with two attached hydrogens (primary N) is 1. The van der Waals surface area contributed by atoms with Crippen LogP contribution >= 0.6 is 0 Å². The lowest BCUT2D eigenvalue weighted by Crippen LogP contribution is -2.41. The highest BCUT2D eigenvalue weighted by atomic mass is 19.1. The van der Waals surface area contributed by atoms with E-state index in [0.29, 0.717) is 31.9 Å². The van der Waals surface area contributed by atoms with Crippen molar-refractivity contribution in [3.63, 3.8) is 0 Å². The molecule has 1 aliphatic rings. The van der Waals surface area contributed by atoms with E-state index in [2.05, 4.69) is 10.1 Å². The van der Waals surface area contributed by atoms with Gasteiger partial charge in [-0.05, 0) is 19.8 Å². The molecule has 0 aliphatic carbocycles. The molecule has 0 amide bonds. The van der Waals surface area contributed by atoms with Crippen molar-refractivity contribution in [2.75, 3.05) is 23.1 Å². The maximum Gasteiger partial charge on any atom is 0.341 e. The van der Waals surface area contributed by atoms with E-state index in [1.165, 1.54) is 27.5 Å². The van der Waals surface area contributed by atoms with Crippen LogP contribution < -0.4 is 21.3 Å². The van der Waals surface area contributed by atoms with E-state index in [0.717, 1.165) is 6.42 Å². The first-order valence-corrected chi connectivity index (χ1v) is 9.63. The maximum absolute atomic E-state index is 14.3. The summed E-state index contributed by atoms with van der Waals surface area (Å²) in [5.41, 5.74) is 5.83. The summed E-state index contributed by atoms with van der Waals surface area (Å²) in [7, 11) is 0. The smallest absolute Gasteiger partial charge is 0.341 e. The molecule has 1 saturated heterocycles. The van der Waals surface area contributed by atoms with Crippen molar-refractivity contribution in [1.29, 1.82) is 0 Å². The van der Waals surface area contributed by atoms with E-state index < -0.39 is 11.8 Å². The Hall–Kier alpha value is -3.47. The van der Waals surface area contributed by atoms with E-state index in [4.69, 9.17) is 5.73 Å². The van der Waals surface area contributed by atoms with Crippen molar-refractivity contribution in [2.45, 2.75) is 32.4 Å². The molecule has 0 aromatic carbocycles. The van der Waals surface area contributed by atoms with Gasteiger partial charge in [-0.2, -0.15) is 5.10 Å². The number of aryl methyl sites for hydroxylation is 1. The lowest BCUT2D eigenvalue weighted by Gasteiger charge is -2.30. The summed E-state index contributed by atoms with van der Waals surface area (Å²) in [6.07, 6.45) is 5.30. The SMILES string of the molecule is C[C@@H](N)CCn1cc(F)cc(N2CCCN2c2ccn3ncc(C(=O)O)c3n2)c1=O. The van der Waals surface area contributed by atoms with E-state index in [-0.39, 0.29) is 28.5 Å². The van der Waals surface area contributed by atoms with Crippen molar-refractivity contribution in [2.24, 2.45) is 5.73 Å². The highest BCUT2D eigenvalue weighted by Crippen LogP contribution is 2.25. The Bertz CT molecular complexity index is 1160. The molecule has 1 aliphatic heterocycles. The molecule has 11 heteroatoms. The Morgan fingerprint density at radius 1 is 1.37 bits per heavy atom. The van der Waals surface area contributed by atoms with Crippen LogP contribution in [0.15, 0.2) is 35.5 Å². The van der Waals surface area contributed by atoms with Crippen LogP contribution in [0.3, 0.4) is 0 Å². The van der Waals surface area contributed by atoms with Gasteiger partial charge in [-0.3, -0.25) is 14.8 Å². The quantitative estimate of drug-likeness (QED) is 0.614. The summed E-state index contributed by atoms with van der Waals surface area (Å²) >= 11 is 0. The minimum Gasteiger partial charge on any atom is -0.477 e. The monoisotopic (exact) mass is 415 g/mol. The molecule has 0 bridgehead atoms. The van der Waals surface area contributed by atoms with Crippen LogP contribution in [0.2, 0.25) is 0 Å². The van der Waals surface area contributed by atoms with Gasteiger partial charge in [0.2, 0.25) is 0 Å². The summed E-state index contributed by atoms with van der Waals surface area (Å²) in [6, 6.07) is 2.78. The first-order valence-electron chi connectivity index (χ1n) is 9.63. The lowest BCUT2D eigenvalue weighted by molar-refractivity contribution is 0.0698. The zero-order valence-corrected chi connectivity index (χ0v) is 16.4. The standard InChI is InChI=1S/C19H22FN7O3/c1-12(21)3-7-24-11-13(20)9-15(18(24)28)26-5-2-6-27(26)16-4-8-25-17(23-16)14(10-22-25)19(29)30/h4,8-12H,2-3,5-7,21H2,1H3,(H,29,30)/t12-/m1/s1. The number of carbonyl (C=O) groups is 1. The topological polar surface area (TPSA) is 122 Å². The number of hydrogen-bond acceptors (Lipinski definition) is 7. The normalized spacial score (nSPS) is 15.2. The second-order valence-corrected chi connectivity index (χ2v) is 7.33. The zero-order chi connectivity index (χ0) is 21.4. The number of rotatable bonds is 6. The van der Waals surface area contributed by atoms with Gasteiger partial charge < -0.3 is 15.4 Å². The zero-order valence-electron chi connectivity index (χ0n) is 16.4. The van der Waals surface area contributed by atoms with Gasteiger partial charge in [-0.1, -0.05) is 0 Å². The number of aromatic carboxylic acids is 1. The van der Waals surface area contributed by atoms with Crippen molar-refractivity contribution >= 4 is 23.1 Å². The summed E-state index contributed by atoms with van der Waals surface area (Å²) in [4.78, 5) is 28.8. The number of carboxylic acid groups (broad SMARTS) is 1. The fraction of sp³-hybridized carbons (Fsp3) is 0.368. The molecule has 0 saturated carbocycles. The van der Waals surface area contributed by atoms with Gasteiger partial charge in [0, 0.05) is 50.2 Å². The van der Waals surface area contributed by atoms with Gasteiger partial charge in [0.05, 0.1) is 6.20 Å². The van der Waals surface area contributed by atoms with Crippen LogP contribution in [-0.2, 0) is 6.54 Å². The number of aromatic nitrogens is 4. The maximum atomic E-state index is 14.3. The van der Waals surface area contributed by atoms with Crippen molar-refractivity contribution in [1.82, 2.24) is 19.2 Å². The molecule has 4 rings (SSSR count). The average Bonchev–Trinajstić information content (AvgIpc) is 3.34. The summed E-state index contributed by atoms with van der Waals surface area (Å²) in [5.74, 6) is -1.20. The number of halogens is 1. The summed E-state index contributed by atoms with van der Waals surface area (Å²) in [5, 5.41) is 16.8. The molecule has 30 heavy (non-hydrogen) atoms. The van der Waals surface area contributed by atoms with Gasteiger partial charge in [0.15, 0.2) is 11.5 Å². The van der Waals surface area contributed by atoms with E-state index in [1.807, 2.05) is 6.92 Å². The molecule has 3 aromatic heterocycles. The third-order valence-corrected chi connectivity index (χ3v) is 5.02. The molecule has 0 radical (unpaired) electrons. The van der Waals surface area contributed by atoms with Gasteiger partial charge in [-0.15, -0.1) is 0 Å². The van der Waals surface area contributed by atoms with Crippen LogP contribution in [-0.4, -0.2) is 49.4 Å². The first-order chi connectivity index (χ1) is 14.3. The highest BCUT2D eigenvalue weighted by molar-refractivity contribution is 5.94. The van der Waals surface area contributed by atoms with E-state index in [1.54, 1.807) is 22.3 Å². The Balaban J connectivity index is 1.72. The largest absolute Gasteiger partial charge is 0.477 e. The molecule has 0 unspecified atom stereocenters. The number of hydrogen-bond donors (Lipinski definition) is 2. The average molecular weight is 415 g/mol. The Morgan fingerprint density at radius 2 is 2.13 bits per heavy atom. The summed E-state index contributed by atoms with van der Waals surface area (Å²) < 4.78 is 17.0. The fourth-order valence-corrected chi connectivity index (χ4v) is 3.53. The van der Waals surface area contributed by atoms with Gasteiger partial charge in [0.25, 0.3) is 5.56 Å². The Morgan fingerprint density at radius 3 is 2.87 bits per heavy atom. The minimum atomic E-state index is -1.13. The molecular formula is C19H22FN7O3. The molecule has 1 atom stereocenters. The Kier molecular flexibility index (Phi) is 5.12. The predicted molar refractivity (Wildman–Crippen MR) is 108 cm³/mol. The number of carboxylic acids is 1. The second kappa shape index (κ2) is 7.75. The highest BCUT2D eigenvalue weighted by Gasteiger charge is 2.28. The second-order valence-electron chi connectivity index (χ2n) is 7.33. The van der Waals surface area contributed by atoms with Crippen LogP contribution in [0.4, 0.5) is 15.9 Å². The van der Waals surface area contributed by atoms with Crippen LogP contribution in [0.1, 0.15) is 30.1 Å². The van der Waals surface area contributed by atoms with Gasteiger partial charge in [0.1, 0.15) is 17.1 Å². The molecule has 0 spiro atoms. The molecule has 1 fully saturated rings. The number of anilines is 2. The Labute approximate surface area is 170 Å². The third kappa shape index (κ3) is 3.59. The van der Waals surface area contributed by atoms with Gasteiger partial charge >= 0.3 is 5.97 Å². The van der Waals surface area contributed by atoms with Crippen molar-refractivity contribution < 1.29 is 14.3 Å². The van der Waals surface area contributed by atoms with Crippen molar-refractivity contribution in [3.05, 3.63) is 52.5 Å². The van der Waals surface area contributed by atoms with Gasteiger partial charge in [-0.25, -0.2) is 18.7 Å². The number of pyridine rings is 1. The third-order valence-electron chi connectivity index (χ3n) is 5.02. The number of hydrazine groups is 1. The van der Waals surface area contributed by atoms with Crippen LogP contribution in [0.25, 0.3) is 5.65 Å². The van der Waals surface area contributed by atoms with Crippen LogP contribution in [0, 0.1) is 5.82 Å². The van der Waals surface area contributed by atoms with Crippen LogP contribution in [0.5, 0.6) is 0 Å². The predicted octanol–water partition coefficient (Wildman–Crippen LogP) is 1.10. The molecule has 158 valence electrons. The number of nitrogens with zero attached hydrogens (tertiary/aromatic N) is 6. The lowest BCUT2D eigenvalue weighted by atomic mass is 10.2. The van der Waals surface area contributed by atoms with Crippen molar-refractivity contribution in [3.8, 4) is 0 Å². The molecule has 3 aromatic rings. The summed E-state index contributed by atoms with van der Waals surface area (Å²) in [6.45, 7) is 3.20. The first kappa shape index (κ1) is 19.8. The molecule has 3 N–H and O–H groups in total. The number of fused-ring (bicyclic) bond motifs is 1. The minimum absolute atomic E-state index is 0.0217. The molecule has 10 nitrogen and oxygen atoms in total. The van der Waals surface area contributed by atoms with E-state index >= 15 is 0 Å². The molecular weight excluding hydrogens is 393 g/mol. The molecule has 4 heterocycles. The fourth-order valence-electron chi connectivity index (χ4n) is 3.53. The van der Waals surface area contributed by atoms with E-state index in [9.17, 15) is 19.1 Å².